The lowest BCUT2D eigenvalue weighted by molar-refractivity contribution is -0.138. The molecule has 2 aromatic carbocycles. The third kappa shape index (κ3) is 5.02. The summed E-state index contributed by atoms with van der Waals surface area (Å²) in [5, 5.41) is 8.00. The monoisotopic (exact) mass is 536 g/mol. The van der Waals surface area contributed by atoms with Crippen molar-refractivity contribution in [1.29, 1.82) is 0 Å². The van der Waals surface area contributed by atoms with E-state index in [0.717, 1.165) is 24.3 Å². The summed E-state index contributed by atoms with van der Waals surface area (Å²) in [5.41, 5.74) is 3.50. The number of hydrazine groups is 1. The number of rotatable bonds is 4. The minimum Gasteiger partial charge on any atom is -0.324 e. The van der Waals surface area contributed by atoms with E-state index in [1.165, 1.54) is 35.7 Å². The van der Waals surface area contributed by atoms with Crippen molar-refractivity contribution in [3.63, 3.8) is 0 Å². The van der Waals surface area contributed by atoms with Crippen LogP contribution in [0, 0.1) is 0 Å². The first-order valence-electron chi connectivity index (χ1n) is 10.7. The Hall–Kier alpha value is -3.90. The van der Waals surface area contributed by atoms with Gasteiger partial charge in [-0.25, -0.2) is 15.4 Å². The van der Waals surface area contributed by atoms with Crippen LogP contribution in [0.15, 0.2) is 77.7 Å². The standard InChI is InChI=1S/C24H15ClF6N6/c25-17-8-7-15(12-16(17)24(29,30)31)34-22-32-11-9-18(35-22)20-19-2-1-10-33-37(19)36-21(20)13-3-5-14(6-4-13)23(26,27)28/h1-12,21,36H,(H,32,34,35). The Morgan fingerprint density at radius 1 is 0.946 bits per heavy atom. The summed E-state index contributed by atoms with van der Waals surface area (Å²) in [5.74, 6) is 0.00829. The molecule has 0 radical (unpaired) electrons. The molecule has 2 N–H and O–H groups in total. The molecule has 1 atom stereocenters. The number of fused-ring (bicyclic) bond motifs is 1. The van der Waals surface area contributed by atoms with Gasteiger partial charge < -0.3 is 5.32 Å². The van der Waals surface area contributed by atoms with Gasteiger partial charge in [-0.3, -0.25) is 0 Å². The fourth-order valence-electron chi connectivity index (χ4n) is 3.92. The Morgan fingerprint density at radius 2 is 1.70 bits per heavy atom. The van der Waals surface area contributed by atoms with E-state index in [-0.39, 0.29) is 11.6 Å². The molecule has 3 aromatic rings. The number of allylic oxidation sites excluding steroid dienone is 2. The van der Waals surface area contributed by atoms with Crippen LogP contribution in [0.3, 0.4) is 0 Å². The van der Waals surface area contributed by atoms with Crippen LogP contribution >= 0.6 is 11.6 Å². The maximum atomic E-state index is 13.2. The highest BCUT2D eigenvalue weighted by Crippen LogP contribution is 2.41. The van der Waals surface area contributed by atoms with E-state index in [2.05, 4.69) is 25.8 Å². The van der Waals surface area contributed by atoms with Crippen molar-refractivity contribution in [2.75, 3.05) is 5.32 Å². The van der Waals surface area contributed by atoms with Crippen LogP contribution in [0.25, 0.3) is 5.57 Å². The first-order valence-corrected chi connectivity index (χ1v) is 11.0. The average Bonchev–Trinajstić information content (AvgIpc) is 3.24. The van der Waals surface area contributed by atoms with Crippen LogP contribution in [0.5, 0.6) is 0 Å². The zero-order valence-electron chi connectivity index (χ0n) is 18.4. The Labute approximate surface area is 211 Å². The molecule has 0 saturated heterocycles. The largest absolute Gasteiger partial charge is 0.417 e. The van der Waals surface area contributed by atoms with Gasteiger partial charge in [0.25, 0.3) is 0 Å². The molecule has 1 unspecified atom stereocenters. The molecule has 1 aromatic heterocycles. The van der Waals surface area contributed by atoms with Crippen LogP contribution in [0.2, 0.25) is 5.02 Å². The molecular weight excluding hydrogens is 522 g/mol. The highest BCUT2D eigenvalue weighted by atomic mass is 35.5. The van der Waals surface area contributed by atoms with Crippen LogP contribution in [0.4, 0.5) is 38.0 Å². The summed E-state index contributed by atoms with van der Waals surface area (Å²) in [7, 11) is 0. The van der Waals surface area contributed by atoms with Gasteiger partial charge in [0, 0.05) is 23.7 Å². The average molecular weight is 537 g/mol. The van der Waals surface area contributed by atoms with Crippen LogP contribution in [0.1, 0.15) is 28.4 Å². The molecule has 6 nitrogen and oxygen atoms in total. The molecule has 5 rings (SSSR count). The van der Waals surface area contributed by atoms with Gasteiger partial charge in [0.1, 0.15) is 0 Å². The van der Waals surface area contributed by atoms with Gasteiger partial charge in [-0.05, 0) is 54.1 Å². The number of nitrogens with zero attached hydrogens (tertiary/aromatic N) is 4. The van der Waals surface area contributed by atoms with E-state index < -0.39 is 34.5 Å². The summed E-state index contributed by atoms with van der Waals surface area (Å²) in [6.45, 7) is 0. The summed E-state index contributed by atoms with van der Waals surface area (Å²) in [6, 6.07) is 8.99. The van der Waals surface area contributed by atoms with Gasteiger partial charge in [-0.15, -0.1) is 0 Å². The molecule has 3 heterocycles. The Morgan fingerprint density at radius 3 is 2.41 bits per heavy atom. The second-order valence-corrected chi connectivity index (χ2v) is 8.41. The number of alkyl halides is 6. The van der Waals surface area contributed by atoms with E-state index in [0.29, 0.717) is 22.5 Å². The molecule has 0 amide bonds. The second-order valence-electron chi connectivity index (χ2n) is 8.00. The molecule has 0 fully saturated rings. The van der Waals surface area contributed by atoms with E-state index in [9.17, 15) is 26.3 Å². The number of hydrogen-bond donors (Lipinski definition) is 2. The summed E-state index contributed by atoms with van der Waals surface area (Å²) < 4.78 is 78.9. The van der Waals surface area contributed by atoms with Crippen molar-refractivity contribution in [2.45, 2.75) is 18.4 Å². The number of benzene rings is 2. The SMILES string of the molecule is FC(F)(F)c1ccc(C2NN3N=CC=CC3=C2c2ccnc(Nc3ccc(Cl)c(C(F)(F)F)c3)n2)cc1. The Kier molecular flexibility index (Phi) is 6.16. The number of hydrogen-bond acceptors (Lipinski definition) is 6. The van der Waals surface area contributed by atoms with Crippen LogP contribution in [-0.2, 0) is 12.4 Å². The van der Waals surface area contributed by atoms with Crippen LogP contribution in [-0.4, -0.2) is 21.3 Å². The molecule has 37 heavy (non-hydrogen) atoms. The first-order chi connectivity index (χ1) is 17.5. The van der Waals surface area contributed by atoms with Gasteiger partial charge in [-0.1, -0.05) is 23.7 Å². The summed E-state index contributed by atoms with van der Waals surface area (Å²) in [4.78, 5) is 8.56. The quantitative estimate of drug-likeness (QED) is 0.362. The molecule has 0 spiro atoms. The van der Waals surface area contributed by atoms with E-state index in [4.69, 9.17) is 11.6 Å². The molecule has 13 heteroatoms. The molecule has 190 valence electrons. The maximum absolute atomic E-state index is 13.2. The molecule has 0 saturated carbocycles. The zero-order valence-corrected chi connectivity index (χ0v) is 19.2. The van der Waals surface area contributed by atoms with Gasteiger partial charge >= 0.3 is 12.4 Å². The molecule has 2 aliphatic heterocycles. The molecule has 0 bridgehead atoms. The second kappa shape index (κ2) is 9.20. The summed E-state index contributed by atoms with van der Waals surface area (Å²) >= 11 is 5.69. The van der Waals surface area contributed by atoms with Crippen molar-refractivity contribution in [3.05, 3.63) is 100.0 Å². The van der Waals surface area contributed by atoms with Gasteiger partial charge in [0.15, 0.2) is 0 Å². The lowest BCUT2D eigenvalue weighted by atomic mass is 9.95. The van der Waals surface area contributed by atoms with Gasteiger partial charge in [0.05, 0.1) is 33.6 Å². The Bertz CT molecular complexity index is 1430. The number of halogens is 7. The highest BCUT2D eigenvalue weighted by Gasteiger charge is 2.36. The fraction of sp³-hybridized carbons (Fsp3) is 0.125. The van der Waals surface area contributed by atoms with Crippen molar-refractivity contribution in [3.8, 4) is 0 Å². The predicted octanol–water partition coefficient (Wildman–Crippen LogP) is 6.74. The predicted molar refractivity (Wildman–Crippen MR) is 125 cm³/mol. The van der Waals surface area contributed by atoms with E-state index in [1.807, 2.05) is 0 Å². The number of nitrogens with one attached hydrogen (secondary N) is 2. The minimum atomic E-state index is -4.65. The molecule has 0 aliphatic carbocycles. The Balaban J connectivity index is 1.51. The fourth-order valence-corrected chi connectivity index (χ4v) is 4.14. The molecule has 2 aliphatic rings. The van der Waals surface area contributed by atoms with E-state index >= 15 is 0 Å². The normalized spacial score (nSPS) is 17.4. The zero-order chi connectivity index (χ0) is 26.4. The highest BCUT2D eigenvalue weighted by molar-refractivity contribution is 6.31. The first kappa shape index (κ1) is 24.8. The number of aromatic nitrogens is 2. The lowest BCUT2D eigenvalue weighted by Gasteiger charge is -2.19. The number of hydrazone groups is 1. The number of anilines is 2. The maximum Gasteiger partial charge on any atom is 0.417 e. The summed E-state index contributed by atoms with van der Waals surface area (Å²) in [6.07, 6.45) is -2.73. The minimum absolute atomic E-state index is 0.00829. The van der Waals surface area contributed by atoms with Crippen molar-refractivity contribution < 1.29 is 26.3 Å². The van der Waals surface area contributed by atoms with E-state index in [1.54, 1.807) is 18.2 Å². The molecular formula is C24H15ClF6N6. The lowest BCUT2D eigenvalue weighted by Crippen LogP contribution is -2.29. The smallest absolute Gasteiger partial charge is 0.324 e. The van der Waals surface area contributed by atoms with Gasteiger partial charge in [-0.2, -0.15) is 36.6 Å². The van der Waals surface area contributed by atoms with Crippen molar-refractivity contribution in [1.82, 2.24) is 20.5 Å². The van der Waals surface area contributed by atoms with Crippen LogP contribution < -0.4 is 10.7 Å². The topological polar surface area (TPSA) is 65.4 Å². The third-order valence-electron chi connectivity index (χ3n) is 5.60. The van der Waals surface area contributed by atoms with Crippen molar-refractivity contribution >= 4 is 35.0 Å². The van der Waals surface area contributed by atoms with Gasteiger partial charge in [0.2, 0.25) is 5.95 Å². The van der Waals surface area contributed by atoms with Crippen molar-refractivity contribution in [2.24, 2.45) is 5.10 Å². The third-order valence-corrected chi connectivity index (χ3v) is 5.93.